The maximum atomic E-state index is 11.6. The summed E-state index contributed by atoms with van der Waals surface area (Å²) in [6.45, 7) is 4.37. The van der Waals surface area contributed by atoms with Crippen molar-refractivity contribution < 1.29 is 9.53 Å². The highest BCUT2D eigenvalue weighted by Gasteiger charge is 2.26. The molecule has 84 valence electrons. The van der Waals surface area contributed by atoms with E-state index >= 15 is 0 Å². The number of hydrogen-bond acceptors (Lipinski definition) is 3. The summed E-state index contributed by atoms with van der Waals surface area (Å²) >= 11 is 0. The van der Waals surface area contributed by atoms with Crippen molar-refractivity contribution in [3.8, 4) is 6.07 Å². The summed E-state index contributed by atoms with van der Waals surface area (Å²) in [7, 11) is 0. The molecule has 1 saturated heterocycles. The van der Waals surface area contributed by atoms with E-state index in [-0.39, 0.29) is 12.0 Å². The average molecular weight is 210 g/mol. The number of amides is 1. The maximum Gasteiger partial charge on any atom is 0.223 e. The summed E-state index contributed by atoms with van der Waals surface area (Å²) in [5.74, 6) is -0.0900. The molecule has 1 fully saturated rings. The zero-order chi connectivity index (χ0) is 11.3. The van der Waals surface area contributed by atoms with Crippen molar-refractivity contribution in [1.29, 1.82) is 5.26 Å². The van der Waals surface area contributed by atoms with Crippen LogP contribution < -0.4 is 5.32 Å². The first-order valence-electron chi connectivity index (χ1n) is 5.43. The van der Waals surface area contributed by atoms with Crippen LogP contribution in [0.4, 0.5) is 0 Å². The number of carbonyl (C=O) groups is 1. The molecule has 1 rings (SSSR count). The lowest BCUT2D eigenvalue weighted by Crippen LogP contribution is -2.45. The van der Waals surface area contributed by atoms with Gasteiger partial charge in [-0.15, -0.1) is 0 Å². The Bertz CT molecular complexity index is 266. The third-order valence-electron chi connectivity index (χ3n) is 2.81. The van der Waals surface area contributed by atoms with E-state index in [4.69, 9.17) is 10.00 Å². The molecule has 0 radical (unpaired) electrons. The van der Waals surface area contributed by atoms with Gasteiger partial charge in [0.25, 0.3) is 0 Å². The Labute approximate surface area is 90.6 Å². The normalized spacial score (nSPS) is 24.2. The van der Waals surface area contributed by atoms with Gasteiger partial charge >= 0.3 is 0 Å². The molecule has 0 aliphatic carbocycles. The Balaban J connectivity index is 2.38. The van der Waals surface area contributed by atoms with Gasteiger partial charge in [0.15, 0.2) is 0 Å². The summed E-state index contributed by atoms with van der Waals surface area (Å²) in [6.07, 6.45) is 3.01. The first-order valence-corrected chi connectivity index (χ1v) is 5.43. The molecule has 0 aromatic carbocycles. The highest BCUT2D eigenvalue weighted by Crippen LogP contribution is 2.16. The fraction of sp³-hybridized carbons (Fsp3) is 0.818. The van der Waals surface area contributed by atoms with Crippen molar-refractivity contribution in [3.63, 3.8) is 0 Å². The van der Waals surface area contributed by atoms with E-state index < -0.39 is 5.54 Å². The topological polar surface area (TPSA) is 62.1 Å². The number of ether oxygens (including phenoxy) is 1. The Hall–Kier alpha value is -1.08. The third-order valence-corrected chi connectivity index (χ3v) is 2.81. The minimum atomic E-state index is -0.740. The second kappa shape index (κ2) is 5.13. The van der Waals surface area contributed by atoms with Crippen LogP contribution in [0.1, 0.15) is 39.5 Å². The summed E-state index contributed by atoms with van der Waals surface area (Å²) in [4.78, 5) is 11.6. The Morgan fingerprint density at radius 1 is 1.73 bits per heavy atom. The Kier molecular flexibility index (Phi) is 4.10. The van der Waals surface area contributed by atoms with Crippen LogP contribution in [0.15, 0.2) is 0 Å². The molecule has 4 nitrogen and oxygen atoms in total. The van der Waals surface area contributed by atoms with Crippen molar-refractivity contribution in [2.45, 2.75) is 51.2 Å². The highest BCUT2D eigenvalue weighted by atomic mass is 16.5. The third kappa shape index (κ3) is 3.52. The van der Waals surface area contributed by atoms with Gasteiger partial charge in [-0.3, -0.25) is 4.79 Å². The molecule has 1 heterocycles. The van der Waals surface area contributed by atoms with Gasteiger partial charge < -0.3 is 10.1 Å². The molecule has 1 aliphatic heterocycles. The number of carbonyl (C=O) groups excluding carboxylic acids is 1. The second-order valence-electron chi connectivity index (χ2n) is 4.18. The molecule has 0 aromatic heterocycles. The van der Waals surface area contributed by atoms with Crippen LogP contribution >= 0.6 is 0 Å². The minimum Gasteiger partial charge on any atom is -0.378 e. The van der Waals surface area contributed by atoms with Crippen LogP contribution in [-0.2, 0) is 9.53 Å². The van der Waals surface area contributed by atoms with Crippen LogP contribution in [0.5, 0.6) is 0 Å². The Morgan fingerprint density at radius 3 is 2.93 bits per heavy atom. The van der Waals surface area contributed by atoms with Crippen molar-refractivity contribution >= 4 is 5.91 Å². The van der Waals surface area contributed by atoms with Crippen LogP contribution in [0, 0.1) is 11.3 Å². The summed E-state index contributed by atoms with van der Waals surface area (Å²) in [6, 6.07) is 2.11. The molecule has 1 aliphatic rings. The Morgan fingerprint density at radius 2 is 2.47 bits per heavy atom. The van der Waals surface area contributed by atoms with Gasteiger partial charge in [-0.2, -0.15) is 5.26 Å². The molecule has 2 unspecified atom stereocenters. The van der Waals surface area contributed by atoms with Crippen molar-refractivity contribution in [2.24, 2.45) is 0 Å². The molecular weight excluding hydrogens is 192 g/mol. The van der Waals surface area contributed by atoms with E-state index in [9.17, 15) is 4.79 Å². The minimum absolute atomic E-state index is 0.0461. The predicted octanol–water partition coefficient (Wildman–Crippen LogP) is 1.36. The van der Waals surface area contributed by atoms with Crippen molar-refractivity contribution in [1.82, 2.24) is 5.32 Å². The predicted molar refractivity (Wildman–Crippen MR) is 56.0 cm³/mol. The van der Waals surface area contributed by atoms with E-state index in [0.717, 1.165) is 19.4 Å². The van der Waals surface area contributed by atoms with E-state index in [1.54, 1.807) is 6.92 Å². The van der Waals surface area contributed by atoms with Gasteiger partial charge in [0.1, 0.15) is 5.54 Å². The first-order chi connectivity index (χ1) is 7.09. The number of nitrogens with zero attached hydrogens (tertiary/aromatic N) is 1. The number of nitrogens with one attached hydrogen (secondary N) is 1. The van der Waals surface area contributed by atoms with E-state index in [2.05, 4.69) is 11.4 Å². The van der Waals surface area contributed by atoms with Crippen LogP contribution in [0.2, 0.25) is 0 Å². The summed E-state index contributed by atoms with van der Waals surface area (Å²) in [5.41, 5.74) is -0.740. The molecule has 1 N–H and O–H groups in total. The molecular formula is C11H18N2O2. The van der Waals surface area contributed by atoms with Crippen molar-refractivity contribution in [3.05, 3.63) is 0 Å². The van der Waals surface area contributed by atoms with Gasteiger partial charge in [-0.1, -0.05) is 6.92 Å². The SMILES string of the molecule is CCC(C)(C#N)NC(=O)CC1CCCO1. The van der Waals surface area contributed by atoms with E-state index in [0.29, 0.717) is 12.8 Å². The molecule has 0 aromatic rings. The van der Waals surface area contributed by atoms with Gasteiger partial charge in [0.2, 0.25) is 5.91 Å². The lowest BCUT2D eigenvalue weighted by molar-refractivity contribution is -0.124. The zero-order valence-electron chi connectivity index (χ0n) is 9.38. The summed E-state index contributed by atoms with van der Waals surface area (Å²) in [5, 5.41) is 11.6. The second-order valence-corrected chi connectivity index (χ2v) is 4.18. The maximum absolute atomic E-state index is 11.6. The fourth-order valence-electron chi connectivity index (χ4n) is 1.57. The molecule has 15 heavy (non-hydrogen) atoms. The molecule has 0 saturated carbocycles. The standard InChI is InChI=1S/C11H18N2O2/c1-3-11(2,8-12)13-10(14)7-9-5-4-6-15-9/h9H,3-7H2,1-2H3,(H,13,14). The largest absolute Gasteiger partial charge is 0.378 e. The average Bonchev–Trinajstić information content (AvgIpc) is 2.70. The van der Waals surface area contributed by atoms with Gasteiger partial charge in [-0.05, 0) is 26.2 Å². The van der Waals surface area contributed by atoms with Gasteiger partial charge in [0, 0.05) is 6.61 Å². The molecule has 2 atom stereocenters. The molecule has 4 heteroatoms. The number of hydrogen-bond donors (Lipinski definition) is 1. The first kappa shape index (κ1) is 12.0. The van der Waals surface area contributed by atoms with Crippen LogP contribution in [0.25, 0.3) is 0 Å². The quantitative estimate of drug-likeness (QED) is 0.762. The van der Waals surface area contributed by atoms with Gasteiger partial charge in [-0.25, -0.2) is 0 Å². The lowest BCUT2D eigenvalue weighted by atomic mass is 10.0. The smallest absolute Gasteiger partial charge is 0.223 e. The summed E-state index contributed by atoms with van der Waals surface area (Å²) < 4.78 is 5.36. The van der Waals surface area contributed by atoms with Crippen LogP contribution in [0.3, 0.4) is 0 Å². The van der Waals surface area contributed by atoms with Gasteiger partial charge in [0.05, 0.1) is 18.6 Å². The van der Waals surface area contributed by atoms with E-state index in [1.807, 2.05) is 6.92 Å². The lowest BCUT2D eigenvalue weighted by Gasteiger charge is -2.22. The fourth-order valence-corrected chi connectivity index (χ4v) is 1.57. The zero-order valence-corrected chi connectivity index (χ0v) is 9.38. The van der Waals surface area contributed by atoms with Crippen LogP contribution in [-0.4, -0.2) is 24.2 Å². The van der Waals surface area contributed by atoms with Crippen molar-refractivity contribution in [2.75, 3.05) is 6.61 Å². The van der Waals surface area contributed by atoms with E-state index in [1.165, 1.54) is 0 Å². The number of nitriles is 1. The highest BCUT2D eigenvalue weighted by molar-refractivity contribution is 5.77. The monoisotopic (exact) mass is 210 g/mol. The molecule has 1 amide bonds. The number of rotatable bonds is 4. The molecule has 0 bridgehead atoms. The molecule has 0 spiro atoms.